The summed E-state index contributed by atoms with van der Waals surface area (Å²) < 4.78 is 27.5. The van der Waals surface area contributed by atoms with Crippen LogP contribution in [0, 0.1) is 5.92 Å². The summed E-state index contributed by atoms with van der Waals surface area (Å²) >= 11 is 11.9. The molecule has 112 valence electrons. The van der Waals surface area contributed by atoms with Gasteiger partial charge in [-0.1, -0.05) is 29.3 Å². The van der Waals surface area contributed by atoms with E-state index in [1.807, 2.05) is 6.92 Å². The van der Waals surface area contributed by atoms with Gasteiger partial charge < -0.3 is 5.32 Å². The van der Waals surface area contributed by atoms with Gasteiger partial charge in [0.2, 0.25) is 10.0 Å². The minimum absolute atomic E-state index is 0.0299. The van der Waals surface area contributed by atoms with Crippen LogP contribution in [0.2, 0.25) is 10.0 Å². The molecule has 2 N–H and O–H groups in total. The van der Waals surface area contributed by atoms with Crippen molar-refractivity contribution in [2.45, 2.75) is 30.7 Å². The fourth-order valence-corrected chi connectivity index (χ4v) is 4.48. The summed E-state index contributed by atoms with van der Waals surface area (Å²) in [5.41, 5.74) is 0. The van der Waals surface area contributed by atoms with Gasteiger partial charge in [-0.25, -0.2) is 13.1 Å². The third-order valence-corrected chi connectivity index (χ3v) is 6.12. The number of hydrogen-bond acceptors (Lipinski definition) is 3. The van der Waals surface area contributed by atoms with Gasteiger partial charge in [0.05, 0.1) is 10.0 Å². The summed E-state index contributed by atoms with van der Waals surface area (Å²) in [5.74, 6) is 0.288. The summed E-state index contributed by atoms with van der Waals surface area (Å²) in [4.78, 5) is 0.0299. The number of halogens is 2. The Kier molecular flexibility index (Phi) is 5.31. The van der Waals surface area contributed by atoms with Crippen molar-refractivity contribution < 1.29 is 8.42 Å². The molecule has 1 aliphatic heterocycles. The average molecular weight is 337 g/mol. The molecular formula is C13H18Cl2N2O2S. The van der Waals surface area contributed by atoms with Crippen molar-refractivity contribution in [1.82, 2.24) is 10.0 Å². The Hall–Kier alpha value is -0.330. The Balaban J connectivity index is 2.16. The van der Waals surface area contributed by atoms with E-state index in [4.69, 9.17) is 23.2 Å². The first kappa shape index (κ1) is 16.0. The standard InChI is InChI=1S/C13H18Cl2N2O2S/c1-9(10-4-3-7-16-8-10)17-20(18,19)12-6-2-5-11(14)13(12)15/h2,5-6,9-10,16-17H,3-4,7-8H2,1H3. The molecule has 0 bridgehead atoms. The van der Waals surface area contributed by atoms with Crippen molar-refractivity contribution in [2.24, 2.45) is 5.92 Å². The van der Waals surface area contributed by atoms with Crippen molar-refractivity contribution in [1.29, 1.82) is 0 Å². The summed E-state index contributed by atoms with van der Waals surface area (Å²) in [5, 5.41) is 3.58. The van der Waals surface area contributed by atoms with Gasteiger partial charge in [-0.2, -0.15) is 0 Å². The van der Waals surface area contributed by atoms with E-state index in [1.54, 1.807) is 12.1 Å². The SMILES string of the molecule is CC(NS(=O)(=O)c1cccc(Cl)c1Cl)C1CCCNC1. The molecular weight excluding hydrogens is 319 g/mol. The molecule has 1 saturated heterocycles. The van der Waals surface area contributed by atoms with Gasteiger partial charge in [0.1, 0.15) is 4.90 Å². The molecule has 1 aromatic rings. The van der Waals surface area contributed by atoms with Crippen LogP contribution in [0.4, 0.5) is 0 Å². The Morgan fingerprint density at radius 2 is 2.15 bits per heavy atom. The quantitative estimate of drug-likeness (QED) is 0.888. The Morgan fingerprint density at radius 1 is 1.40 bits per heavy atom. The number of nitrogens with one attached hydrogen (secondary N) is 2. The molecule has 1 aromatic carbocycles. The molecule has 4 nitrogen and oxygen atoms in total. The maximum atomic E-state index is 12.4. The molecule has 7 heteroatoms. The Bertz CT molecular complexity index is 572. The van der Waals surface area contributed by atoms with Gasteiger partial charge in [-0.15, -0.1) is 0 Å². The lowest BCUT2D eigenvalue weighted by Gasteiger charge is -2.28. The van der Waals surface area contributed by atoms with Crippen LogP contribution >= 0.6 is 23.2 Å². The van der Waals surface area contributed by atoms with Crippen molar-refractivity contribution in [3.05, 3.63) is 28.2 Å². The van der Waals surface area contributed by atoms with E-state index < -0.39 is 10.0 Å². The maximum absolute atomic E-state index is 12.4. The predicted octanol–water partition coefficient (Wildman–Crippen LogP) is 2.66. The third-order valence-electron chi connectivity index (χ3n) is 3.59. The molecule has 0 aliphatic carbocycles. The smallest absolute Gasteiger partial charge is 0.242 e. The minimum Gasteiger partial charge on any atom is -0.316 e. The van der Waals surface area contributed by atoms with Crippen LogP contribution < -0.4 is 10.0 Å². The maximum Gasteiger partial charge on any atom is 0.242 e. The summed E-state index contributed by atoms with van der Waals surface area (Å²) in [7, 11) is -3.66. The normalized spacial score (nSPS) is 21.6. The fraction of sp³-hybridized carbons (Fsp3) is 0.538. The van der Waals surface area contributed by atoms with E-state index in [0.717, 1.165) is 25.9 Å². The topological polar surface area (TPSA) is 58.2 Å². The highest BCUT2D eigenvalue weighted by Gasteiger charge is 2.26. The highest BCUT2D eigenvalue weighted by atomic mass is 35.5. The fourth-order valence-electron chi connectivity index (χ4n) is 2.40. The van der Waals surface area contributed by atoms with Gasteiger partial charge in [-0.05, 0) is 50.9 Å². The zero-order valence-corrected chi connectivity index (χ0v) is 13.5. The lowest BCUT2D eigenvalue weighted by atomic mass is 9.94. The van der Waals surface area contributed by atoms with Crippen molar-refractivity contribution >= 4 is 33.2 Å². The van der Waals surface area contributed by atoms with Gasteiger partial charge in [-0.3, -0.25) is 0 Å². The van der Waals surface area contributed by atoms with E-state index in [0.29, 0.717) is 0 Å². The Labute approximate surface area is 129 Å². The van der Waals surface area contributed by atoms with Gasteiger partial charge in [0, 0.05) is 6.04 Å². The molecule has 1 aliphatic rings. The van der Waals surface area contributed by atoms with Crippen LogP contribution in [-0.4, -0.2) is 27.5 Å². The molecule has 1 fully saturated rings. The van der Waals surface area contributed by atoms with E-state index >= 15 is 0 Å². The second-order valence-corrected chi connectivity index (χ2v) is 7.54. The highest BCUT2D eigenvalue weighted by molar-refractivity contribution is 7.89. The third kappa shape index (κ3) is 3.65. The molecule has 2 atom stereocenters. The predicted molar refractivity (Wildman–Crippen MR) is 81.8 cm³/mol. The zero-order valence-electron chi connectivity index (χ0n) is 11.2. The summed E-state index contributed by atoms with van der Waals surface area (Å²) in [6.45, 7) is 3.71. The number of rotatable bonds is 4. The van der Waals surface area contributed by atoms with Crippen LogP contribution in [-0.2, 0) is 10.0 Å². The summed E-state index contributed by atoms with van der Waals surface area (Å²) in [6.07, 6.45) is 2.08. The minimum atomic E-state index is -3.66. The van der Waals surface area contributed by atoms with E-state index in [-0.39, 0.29) is 26.9 Å². The lowest BCUT2D eigenvalue weighted by molar-refractivity contribution is 0.320. The molecule has 0 amide bonds. The molecule has 2 rings (SSSR count). The molecule has 1 heterocycles. The molecule has 0 saturated carbocycles. The highest BCUT2D eigenvalue weighted by Crippen LogP contribution is 2.29. The first-order valence-corrected chi connectivity index (χ1v) is 8.83. The van der Waals surface area contributed by atoms with Crippen LogP contribution in [0.25, 0.3) is 0 Å². The van der Waals surface area contributed by atoms with Gasteiger partial charge in [0.25, 0.3) is 0 Å². The monoisotopic (exact) mass is 336 g/mol. The molecule has 0 spiro atoms. The van der Waals surface area contributed by atoms with Crippen LogP contribution in [0.3, 0.4) is 0 Å². The van der Waals surface area contributed by atoms with Crippen molar-refractivity contribution in [3.63, 3.8) is 0 Å². The molecule has 0 aromatic heterocycles. The summed E-state index contributed by atoms with van der Waals surface area (Å²) in [6, 6.07) is 4.46. The van der Waals surface area contributed by atoms with Crippen LogP contribution in [0.1, 0.15) is 19.8 Å². The van der Waals surface area contributed by atoms with Crippen LogP contribution in [0.15, 0.2) is 23.1 Å². The number of sulfonamides is 1. The molecule has 20 heavy (non-hydrogen) atoms. The van der Waals surface area contributed by atoms with E-state index in [1.165, 1.54) is 6.07 Å². The number of hydrogen-bond donors (Lipinski definition) is 2. The first-order valence-electron chi connectivity index (χ1n) is 6.59. The van der Waals surface area contributed by atoms with Gasteiger partial charge >= 0.3 is 0 Å². The van der Waals surface area contributed by atoms with Crippen molar-refractivity contribution in [2.75, 3.05) is 13.1 Å². The zero-order chi connectivity index (χ0) is 14.8. The largest absolute Gasteiger partial charge is 0.316 e. The lowest BCUT2D eigenvalue weighted by Crippen LogP contribution is -2.44. The Morgan fingerprint density at radius 3 is 2.80 bits per heavy atom. The number of piperidine rings is 1. The molecule has 2 unspecified atom stereocenters. The van der Waals surface area contributed by atoms with Gasteiger partial charge in [0.15, 0.2) is 0 Å². The number of benzene rings is 1. The van der Waals surface area contributed by atoms with E-state index in [2.05, 4.69) is 10.0 Å². The average Bonchev–Trinajstić information content (AvgIpc) is 2.42. The molecule has 0 radical (unpaired) electrons. The second-order valence-electron chi connectivity index (χ2n) is 5.07. The first-order chi connectivity index (χ1) is 9.42. The van der Waals surface area contributed by atoms with E-state index in [9.17, 15) is 8.42 Å². The second kappa shape index (κ2) is 6.62. The van der Waals surface area contributed by atoms with Crippen LogP contribution in [0.5, 0.6) is 0 Å². The van der Waals surface area contributed by atoms with Crippen molar-refractivity contribution in [3.8, 4) is 0 Å².